The summed E-state index contributed by atoms with van der Waals surface area (Å²) in [5.41, 5.74) is 1.88. The first kappa shape index (κ1) is 22.8. The molecule has 1 aromatic carbocycles. The number of nitrogens with one attached hydrogen (secondary N) is 1. The zero-order chi connectivity index (χ0) is 24.9. The fraction of sp³-hybridized carbons (Fsp3) is 0.360. The number of aromatic nitrogens is 3. The van der Waals surface area contributed by atoms with Gasteiger partial charge in [0.1, 0.15) is 11.4 Å². The smallest absolute Gasteiger partial charge is 0.412 e. The van der Waals surface area contributed by atoms with E-state index in [2.05, 4.69) is 15.4 Å². The molecule has 2 aliphatic heterocycles. The highest BCUT2D eigenvalue weighted by molar-refractivity contribution is 5.74. The summed E-state index contributed by atoms with van der Waals surface area (Å²) in [5, 5.41) is 28.6. The van der Waals surface area contributed by atoms with Crippen LogP contribution >= 0.6 is 0 Å². The molecule has 10 heteroatoms. The number of aliphatic hydroxyl groups is 1. The average molecular weight is 477 g/mol. The third-order valence-electron chi connectivity index (χ3n) is 5.96. The molecular weight excluding hydrogens is 451 g/mol. The van der Waals surface area contributed by atoms with Crippen molar-refractivity contribution in [3.05, 3.63) is 58.7 Å². The van der Waals surface area contributed by atoms with E-state index in [0.29, 0.717) is 16.9 Å². The molecule has 1 unspecified atom stereocenters. The van der Waals surface area contributed by atoms with Crippen LogP contribution in [0.1, 0.15) is 55.8 Å². The number of carbonyl (C=O) groups excluding carboxylic acids is 1. The summed E-state index contributed by atoms with van der Waals surface area (Å²) in [4.78, 5) is 18.6. The van der Waals surface area contributed by atoms with E-state index in [0.717, 1.165) is 30.8 Å². The van der Waals surface area contributed by atoms with Gasteiger partial charge >= 0.3 is 6.09 Å². The van der Waals surface area contributed by atoms with E-state index in [9.17, 15) is 19.6 Å². The lowest BCUT2D eigenvalue weighted by molar-refractivity contribution is -0.0258. The van der Waals surface area contributed by atoms with Gasteiger partial charge in [-0.25, -0.2) is 13.9 Å². The summed E-state index contributed by atoms with van der Waals surface area (Å²) in [5.74, 6) is 0.148. The van der Waals surface area contributed by atoms with Gasteiger partial charge in [0.05, 0.1) is 46.4 Å². The van der Waals surface area contributed by atoms with Crippen LogP contribution < -0.4 is 5.32 Å². The largest absolute Gasteiger partial charge is 0.444 e. The minimum Gasteiger partial charge on any atom is -0.444 e. The van der Waals surface area contributed by atoms with Gasteiger partial charge in [-0.05, 0) is 51.8 Å². The van der Waals surface area contributed by atoms with Crippen molar-refractivity contribution >= 4 is 11.9 Å². The van der Waals surface area contributed by atoms with E-state index >= 15 is 0 Å². The van der Waals surface area contributed by atoms with Gasteiger partial charge in [0.25, 0.3) is 0 Å². The summed E-state index contributed by atoms with van der Waals surface area (Å²) in [6, 6.07) is 7.86. The second kappa shape index (κ2) is 8.36. The van der Waals surface area contributed by atoms with Gasteiger partial charge in [0, 0.05) is 18.3 Å². The molecule has 0 bridgehead atoms. The monoisotopic (exact) mass is 476 g/mol. The third-order valence-corrected chi connectivity index (χ3v) is 5.96. The van der Waals surface area contributed by atoms with Crippen molar-refractivity contribution in [1.82, 2.24) is 19.7 Å². The first-order chi connectivity index (χ1) is 16.7. The highest BCUT2D eigenvalue weighted by Gasteiger charge is 2.39. The molecule has 0 saturated heterocycles. The van der Waals surface area contributed by atoms with Crippen molar-refractivity contribution in [2.45, 2.75) is 52.0 Å². The van der Waals surface area contributed by atoms with Gasteiger partial charge in [0.2, 0.25) is 0 Å². The number of aliphatic hydroxyl groups excluding tert-OH is 1. The van der Waals surface area contributed by atoms with E-state index in [4.69, 9.17) is 4.74 Å². The molecule has 9 nitrogen and oxygen atoms in total. The van der Waals surface area contributed by atoms with E-state index in [1.54, 1.807) is 31.5 Å². The predicted octanol–water partition coefficient (Wildman–Crippen LogP) is 4.04. The maximum absolute atomic E-state index is 14.9. The van der Waals surface area contributed by atoms with Crippen LogP contribution in [0.3, 0.4) is 0 Å². The van der Waals surface area contributed by atoms with Crippen LogP contribution in [0.25, 0.3) is 16.9 Å². The van der Waals surface area contributed by atoms with Crippen LogP contribution in [0.15, 0.2) is 30.5 Å². The van der Waals surface area contributed by atoms with Gasteiger partial charge in [0.15, 0.2) is 12.0 Å². The topological polar surface area (TPSA) is 116 Å². The second-order valence-corrected chi connectivity index (χ2v) is 9.62. The van der Waals surface area contributed by atoms with Crippen molar-refractivity contribution in [1.29, 1.82) is 5.26 Å². The van der Waals surface area contributed by atoms with Crippen LogP contribution in [-0.4, -0.2) is 43.0 Å². The zero-order valence-electron chi connectivity index (χ0n) is 19.7. The Morgan fingerprint density at radius 3 is 2.89 bits per heavy atom. The molecule has 5 rings (SSSR count). The molecule has 0 aliphatic carbocycles. The van der Waals surface area contributed by atoms with Crippen LogP contribution in [0.2, 0.25) is 0 Å². The van der Waals surface area contributed by atoms with Gasteiger partial charge < -0.3 is 15.2 Å². The predicted molar refractivity (Wildman–Crippen MR) is 125 cm³/mol. The number of benzene rings is 1. The number of halogens is 1. The molecule has 3 aromatic rings. The highest BCUT2D eigenvalue weighted by Crippen LogP contribution is 2.39. The van der Waals surface area contributed by atoms with Crippen LogP contribution in [0.4, 0.5) is 15.0 Å². The lowest BCUT2D eigenvalue weighted by Gasteiger charge is -2.26. The lowest BCUT2D eigenvalue weighted by atomic mass is 10.0. The molecule has 35 heavy (non-hydrogen) atoms. The molecule has 1 atom stereocenters. The number of ether oxygens (including phenoxy) is 1. The highest BCUT2D eigenvalue weighted by atomic mass is 19.1. The summed E-state index contributed by atoms with van der Waals surface area (Å²) in [6.07, 6.45) is 1.65. The van der Waals surface area contributed by atoms with Crippen LogP contribution in [-0.2, 0) is 17.7 Å². The number of hydrogen-bond donors (Lipinski definition) is 2. The van der Waals surface area contributed by atoms with Crippen LogP contribution in [0, 0.1) is 17.1 Å². The Morgan fingerprint density at radius 1 is 1.37 bits per heavy atom. The number of carbonyl (C=O) groups is 1. The minimum absolute atomic E-state index is 0.0399. The number of anilines is 1. The number of rotatable bonds is 2. The van der Waals surface area contributed by atoms with Crippen molar-refractivity contribution in [2.24, 2.45) is 0 Å². The summed E-state index contributed by atoms with van der Waals surface area (Å²) >= 11 is 0. The molecule has 2 aliphatic rings. The van der Waals surface area contributed by atoms with Crippen molar-refractivity contribution in [3.63, 3.8) is 0 Å². The van der Waals surface area contributed by atoms with Crippen molar-refractivity contribution in [3.8, 4) is 23.0 Å². The minimum atomic E-state index is -1.33. The van der Waals surface area contributed by atoms with Crippen molar-refractivity contribution < 1.29 is 19.0 Å². The number of nitrogens with zero attached hydrogens (tertiary/aromatic N) is 5. The first-order valence-electron chi connectivity index (χ1n) is 11.4. The molecule has 0 spiro atoms. The maximum Gasteiger partial charge on any atom is 0.412 e. The standard InChI is InChI=1S/C25H25FN6O3/c1-25(2,3)35-24(34)31-13-18-21(23(31)33)19(32-12-15-7-5-9-28-22(15)30-32)10-17(29-18)20-14(11-27)6-4-8-16(20)26/h4,6,8,10,12,23,33H,5,7,9,13H2,1-3H3,(H,28,30). The molecular formula is C25H25FN6O3. The summed E-state index contributed by atoms with van der Waals surface area (Å²) in [6.45, 7) is 5.99. The molecule has 2 N–H and O–H groups in total. The van der Waals surface area contributed by atoms with E-state index in [1.807, 2.05) is 12.3 Å². The molecule has 180 valence electrons. The summed E-state index contributed by atoms with van der Waals surface area (Å²) < 4.78 is 22.0. The fourth-order valence-electron chi connectivity index (χ4n) is 4.43. The lowest BCUT2D eigenvalue weighted by Crippen LogP contribution is -2.35. The quantitative estimate of drug-likeness (QED) is 0.573. The molecule has 0 saturated carbocycles. The third kappa shape index (κ3) is 4.08. The molecule has 0 radical (unpaired) electrons. The average Bonchev–Trinajstić information content (AvgIpc) is 3.38. The molecule has 1 amide bonds. The Kier molecular flexibility index (Phi) is 5.44. The normalized spacial score (nSPS) is 16.8. The second-order valence-electron chi connectivity index (χ2n) is 9.62. The van der Waals surface area contributed by atoms with Gasteiger partial charge in [-0.2, -0.15) is 10.4 Å². The SMILES string of the molecule is CC(C)(C)OC(=O)N1Cc2nc(-c3c(F)cccc3C#N)cc(-n3cc4c(n3)NCCC4)c2C1O. The number of aryl methyl sites for hydroxylation is 1. The Hall–Kier alpha value is -3.97. The molecule has 4 heterocycles. The van der Waals surface area contributed by atoms with Gasteiger partial charge in [-0.1, -0.05) is 6.07 Å². The van der Waals surface area contributed by atoms with Crippen molar-refractivity contribution in [2.75, 3.05) is 11.9 Å². The Bertz CT molecular complexity index is 1350. The van der Waals surface area contributed by atoms with E-state index in [1.165, 1.54) is 23.1 Å². The summed E-state index contributed by atoms with van der Waals surface area (Å²) in [7, 11) is 0. The zero-order valence-corrected chi connectivity index (χ0v) is 19.7. The van der Waals surface area contributed by atoms with Crippen LogP contribution in [0.5, 0.6) is 0 Å². The van der Waals surface area contributed by atoms with E-state index < -0.39 is 23.7 Å². The van der Waals surface area contributed by atoms with E-state index in [-0.39, 0.29) is 23.4 Å². The molecule has 0 fully saturated rings. The fourth-order valence-corrected chi connectivity index (χ4v) is 4.43. The Morgan fingerprint density at radius 2 is 2.17 bits per heavy atom. The number of hydrogen-bond acceptors (Lipinski definition) is 7. The number of fused-ring (bicyclic) bond motifs is 2. The number of amides is 1. The Labute approximate surface area is 201 Å². The number of nitriles is 1. The molecule has 2 aromatic heterocycles. The van der Waals surface area contributed by atoms with Gasteiger partial charge in [-0.15, -0.1) is 0 Å². The van der Waals surface area contributed by atoms with Gasteiger partial charge in [-0.3, -0.25) is 9.88 Å². The maximum atomic E-state index is 14.9. The Balaban J connectivity index is 1.68. The number of pyridine rings is 1. The first-order valence-corrected chi connectivity index (χ1v) is 11.4.